The molecule has 0 radical (unpaired) electrons. The van der Waals surface area contributed by atoms with Crippen molar-refractivity contribution in [3.05, 3.63) is 80.4 Å². The van der Waals surface area contributed by atoms with Crippen LogP contribution in [0.1, 0.15) is 65.4 Å². The van der Waals surface area contributed by atoms with Crippen molar-refractivity contribution < 1.29 is 19.4 Å². The highest BCUT2D eigenvalue weighted by Gasteiger charge is 2.40. The molecule has 2 N–H and O–H groups in total. The van der Waals surface area contributed by atoms with E-state index in [2.05, 4.69) is 12.3 Å². The molecule has 1 aliphatic rings. The minimum atomic E-state index is -1.26. The molecule has 0 bridgehead atoms. The molecule has 1 unspecified atom stereocenters. The largest absolute Gasteiger partial charge is 0.507 e. The first-order valence-corrected chi connectivity index (χ1v) is 10.7. The lowest BCUT2D eigenvalue weighted by molar-refractivity contribution is -0.118. The van der Waals surface area contributed by atoms with Crippen LogP contribution >= 0.6 is 0 Å². The lowest BCUT2D eigenvalue weighted by atomic mass is 9.74. The van der Waals surface area contributed by atoms with Crippen LogP contribution in [0.5, 0.6) is 11.5 Å². The third-order valence-corrected chi connectivity index (χ3v) is 5.05. The minimum Gasteiger partial charge on any atom is -0.507 e. The van der Waals surface area contributed by atoms with E-state index < -0.39 is 10.8 Å². The second kappa shape index (κ2) is 9.93. The molecule has 5 heteroatoms. The molecule has 0 saturated carbocycles. The van der Waals surface area contributed by atoms with Crippen LogP contribution in [0.4, 0.5) is 0 Å². The highest BCUT2D eigenvalue weighted by atomic mass is 16.3. The fourth-order valence-corrected chi connectivity index (χ4v) is 3.37. The molecule has 0 amide bonds. The number of aromatic hydroxyl groups is 2. The Morgan fingerprint density at radius 2 is 1.73 bits per heavy atom. The molecular formula is C28H32O5. The fourth-order valence-electron chi connectivity index (χ4n) is 3.37. The third kappa shape index (κ3) is 5.44. The smallest absolute Gasteiger partial charge is 0.201 e. The molecule has 0 fully saturated rings. The van der Waals surface area contributed by atoms with Gasteiger partial charge in [0, 0.05) is 11.6 Å². The predicted molar refractivity (Wildman–Crippen MR) is 134 cm³/mol. The molecule has 1 aliphatic carbocycles. The van der Waals surface area contributed by atoms with Gasteiger partial charge in [0.05, 0.1) is 11.0 Å². The molecule has 33 heavy (non-hydrogen) atoms. The second-order valence-electron chi connectivity index (χ2n) is 9.15. The second-order valence-corrected chi connectivity index (χ2v) is 9.15. The number of hydrogen-bond acceptors (Lipinski definition) is 5. The summed E-state index contributed by atoms with van der Waals surface area (Å²) < 4.78 is 5.83. The van der Waals surface area contributed by atoms with E-state index in [1.807, 2.05) is 47.6 Å². The molecule has 1 aromatic heterocycles. The van der Waals surface area contributed by atoms with Gasteiger partial charge < -0.3 is 14.6 Å². The van der Waals surface area contributed by atoms with Crippen LogP contribution in [0, 0.1) is 0 Å². The topological polar surface area (TPSA) is 87.7 Å². The quantitative estimate of drug-likeness (QED) is 0.427. The molecule has 174 valence electrons. The zero-order chi connectivity index (χ0) is 25.1. The maximum Gasteiger partial charge on any atom is 0.201 e. The Labute approximate surface area is 194 Å². The monoisotopic (exact) mass is 448 g/mol. The summed E-state index contributed by atoms with van der Waals surface area (Å²) in [6.07, 6.45) is 6.48. The van der Waals surface area contributed by atoms with Gasteiger partial charge in [-0.3, -0.25) is 9.59 Å². The van der Waals surface area contributed by atoms with Crippen molar-refractivity contribution >= 4 is 22.8 Å². The first kappa shape index (κ1) is 25.7. The van der Waals surface area contributed by atoms with Crippen LogP contribution in [0.2, 0.25) is 0 Å². The van der Waals surface area contributed by atoms with Crippen molar-refractivity contribution in [3.8, 4) is 11.5 Å². The van der Waals surface area contributed by atoms with Gasteiger partial charge in [-0.1, -0.05) is 17.2 Å². The number of rotatable bonds is 3. The van der Waals surface area contributed by atoms with Gasteiger partial charge in [-0.05, 0) is 78.7 Å². The normalized spacial score (nSPS) is 16.3. The summed E-state index contributed by atoms with van der Waals surface area (Å²) >= 11 is 0. The number of allylic oxidation sites excluding steroid dienone is 5. The molecule has 3 rings (SSSR count). The van der Waals surface area contributed by atoms with Gasteiger partial charge in [0.1, 0.15) is 28.2 Å². The van der Waals surface area contributed by atoms with Crippen LogP contribution in [-0.4, -0.2) is 16.0 Å². The summed E-state index contributed by atoms with van der Waals surface area (Å²) in [5.41, 5.74) is 4.75. The van der Waals surface area contributed by atoms with Gasteiger partial charge >= 0.3 is 0 Å². The fraction of sp³-hybridized carbons (Fsp3) is 0.321. The standard InChI is InChI=1S/C24H24O5.C4H8/c1-13(2)6-7-15-16(25)12-18-20(22(15)27)23(28)21-17(29-18)8-9-19(26)24(21,5)11-10-14(3)4;1-4(2)3/h6,8-9,11-12,25,27H,7H2,1-5H3;1H2,2-3H3. The zero-order valence-corrected chi connectivity index (χ0v) is 20.4. The van der Waals surface area contributed by atoms with Crippen LogP contribution < -0.4 is 5.43 Å². The maximum atomic E-state index is 13.4. The van der Waals surface area contributed by atoms with Crippen LogP contribution in [0.25, 0.3) is 17.0 Å². The SMILES string of the molecule is C=C(C)C.CC(C)=C=CC1(C)C(=O)C=Cc2oc3cc(O)c(CC=C(C)C)c(O)c3c(=O)c21. The van der Waals surface area contributed by atoms with Crippen LogP contribution in [0.15, 0.2) is 62.5 Å². The Morgan fingerprint density at radius 1 is 1.12 bits per heavy atom. The van der Waals surface area contributed by atoms with Gasteiger partial charge in [-0.25, -0.2) is 0 Å². The lowest BCUT2D eigenvalue weighted by Gasteiger charge is -2.26. The van der Waals surface area contributed by atoms with Crippen LogP contribution in [-0.2, 0) is 16.6 Å². The Hall–Kier alpha value is -3.56. The van der Waals surface area contributed by atoms with E-state index in [0.29, 0.717) is 0 Å². The maximum absolute atomic E-state index is 13.4. The summed E-state index contributed by atoms with van der Waals surface area (Å²) in [5.74, 6) is -0.524. The first-order valence-electron chi connectivity index (χ1n) is 10.7. The van der Waals surface area contributed by atoms with Gasteiger partial charge in [0.2, 0.25) is 5.43 Å². The molecular weight excluding hydrogens is 416 g/mol. The highest BCUT2D eigenvalue weighted by Crippen LogP contribution is 2.39. The van der Waals surface area contributed by atoms with E-state index in [-0.39, 0.29) is 51.6 Å². The number of hydrogen-bond donors (Lipinski definition) is 2. The summed E-state index contributed by atoms with van der Waals surface area (Å²) in [5, 5.41) is 21.1. The van der Waals surface area contributed by atoms with Gasteiger partial charge in [0.25, 0.3) is 0 Å². The molecule has 1 atom stereocenters. The third-order valence-electron chi connectivity index (χ3n) is 5.05. The number of ketones is 1. The van der Waals surface area contributed by atoms with Crippen LogP contribution in [0.3, 0.4) is 0 Å². The summed E-state index contributed by atoms with van der Waals surface area (Å²) in [6, 6.07) is 1.33. The highest BCUT2D eigenvalue weighted by molar-refractivity contribution is 6.06. The zero-order valence-electron chi connectivity index (χ0n) is 20.4. The Morgan fingerprint density at radius 3 is 2.27 bits per heavy atom. The lowest BCUT2D eigenvalue weighted by Crippen LogP contribution is -2.37. The summed E-state index contributed by atoms with van der Waals surface area (Å²) in [4.78, 5) is 26.1. The summed E-state index contributed by atoms with van der Waals surface area (Å²) in [6.45, 7) is 16.6. The van der Waals surface area contributed by atoms with Crippen molar-refractivity contribution in [2.75, 3.05) is 0 Å². The molecule has 0 aliphatic heterocycles. The van der Waals surface area contributed by atoms with Gasteiger partial charge in [0.15, 0.2) is 5.78 Å². The van der Waals surface area contributed by atoms with Gasteiger partial charge in [-0.2, -0.15) is 0 Å². The number of fused-ring (bicyclic) bond motifs is 2. The average molecular weight is 449 g/mol. The van der Waals surface area contributed by atoms with E-state index in [1.165, 1.54) is 23.8 Å². The Balaban J connectivity index is 0.000000890. The number of carbonyl (C=O) groups excluding carboxylic acids is 1. The summed E-state index contributed by atoms with van der Waals surface area (Å²) in [7, 11) is 0. The van der Waals surface area contributed by atoms with E-state index in [9.17, 15) is 19.8 Å². The average Bonchev–Trinajstić information content (AvgIpc) is 2.68. The Bertz CT molecular complexity index is 1300. The van der Waals surface area contributed by atoms with Crippen molar-refractivity contribution in [2.45, 2.75) is 60.3 Å². The van der Waals surface area contributed by atoms with Crippen molar-refractivity contribution in [1.29, 1.82) is 0 Å². The number of phenols is 2. The Kier molecular flexibility index (Phi) is 7.73. The predicted octanol–water partition coefficient (Wildman–Crippen LogP) is 6.27. The number of phenolic OH excluding ortho intramolecular Hbond substituents is 2. The molecule has 0 spiro atoms. The molecule has 5 nitrogen and oxygen atoms in total. The minimum absolute atomic E-state index is 0.0429. The van der Waals surface area contributed by atoms with Crippen molar-refractivity contribution in [3.63, 3.8) is 0 Å². The van der Waals surface area contributed by atoms with E-state index in [1.54, 1.807) is 13.0 Å². The van der Waals surface area contributed by atoms with Gasteiger partial charge in [-0.15, -0.1) is 12.3 Å². The molecule has 0 saturated heterocycles. The van der Waals surface area contributed by atoms with E-state index in [4.69, 9.17) is 4.42 Å². The molecule has 1 heterocycles. The van der Waals surface area contributed by atoms with Crippen molar-refractivity contribution in [1.82, 2.24) is 0 Å². The molecule has 1 aromatic carbocycles. The first-order chi connectivity index (χ1) is 15.3. The van der Waals surface area contributed by atoms with Crippen molar-refractivity contribution in [2.24, 2.45) is 0 Å². The van der Waals surface area contributed by atoms with E-state index in [0.717, 1.165) is 11.1 Å². The van der Waals surface area contributed by atoms with E-state index >= 15 is 0 Å². The molecule has 2 aromatic rings. The number of benzene rings is 1. The number of carbonyl (C=O) groups is 1.